The van der Waals surface area contributed by atoms with Crippen LogP contribution >= 0.6 is 11.6 Å². The van der Waals surface area contributed by atoms with Gasteiger partial charge in [-0.15, -0.1) is 0 Å². The summed E-state index contributed by atoms with van der Waals surface area (Å²) in [6.45, 7) is 4.78. The average Bonchev–Trinajstić information content (AvgIpc) is 3.02. The van der Waals surface area contributed by atoms with Crippen molar-refractivity contribution in [2.75, 3.05) is 6.79 Å². The van der Waals surface area contributed by atoms with E-state index in [-0.39, 0.29) is 24.5 Å². The van der Waals surface area contributed by atoms with Gasteiger partial charge in [0.25, 0.3) is 0 Å². The largest absolute Gasteiger partial charge is 0.454 e. The standard InChI is InChI=1S/C19H20ClNO3/c1-12(2)18(14-4-6-15(20)7-5-14)19(22)21-10-13-3-8-16-17(9-13)24-11-23-16/h3-9,12,18H,10-11H2,1-2H3,(H,21,22). The normalized spacial score (nSPS) is 13.8. The number of benzene rings is 2. The van der Waals surface area contributed by atoms with Crippen LogP contribution in [0.2, 0.25) is 5.02 Å². The first kappa shape index (κ1) is 16.7. The summed E-state index contributed by atoms with van der Waals surface area (Å²) in [6.07, 6.45) is 0. The molecule has 0 fully saturated rings. The first-order chi connectivity index (χ1) is 11.5. The van der Waals surface area contributed by atoms with Crippen LogP contribution in [-0.4, -0.2) is 12.7 Å². The number of hydrogen-bond acceptors (Lipinski definition) is 3. The Labute approximate surface area is 146 Å². The van der Waals surface area contributed by atoms with Gasteiger partial charge in [-0.25, -0.2) is 0 Å². The number of rotatable bonds is 5. The third kappa shape index (κ3) is 3.65. The Morgan fingerprint density at radius 2 is 1.83 bits per heavy atom. The second kappa shape index (κ2) is 7.14. The Morgan fingerprint density at radius 1 is 1.12 bits per heavy atom. The molecule has 0 saturated heterocycles. The highest BCUT2D eigenvalue weighted by Gasteiger charge is 2.24. The van der Waals surface area contributed by atoms with Crippen molar-refractivity contribution in [3.63, 3.8) is 0 Å². The number of carbonyl (C=O) groups is 1. The van der Waals surface area contributed by atoms with Crippen LogP contribution in [0.5, 0.6) is 11.5 Å². The lowest BCUT2D eigenvalue weighted by Crippen LogP contribution is -2.31. The van der Waals surface area contributed by atoms with Crippen LogP contribution in [0.4, 0.5) is 0 Å². The van der Waals surface area contributed by atoms with E-state index in [0.29, 0.717) is 11.6 Å². The van der Waals surface area contributed by atoms with Crippen molar-refractivity contribution >= 4 is 17.5 Å². The van der Waals surface area contributed by atoms with E-state index in [1.54, 1.807) is 0 Å². The fourth-order valence-corrected chi connectivity index (χ4v) is 2.99. The molecule has 0 radical (unpaired) electrons. The van der Waals surface area contributed by atoms with Crippen LogP contribution in [0.25, 0.3) is 0 Å². The van der Waals surface area contributed by atoms with Gasteiger partial charge in [-0.05, 0) is 41.3 Å². The van der Waals surface area contributed by atoms with E-state index in [1.165, 1.54) is 0 Å². The van der Waals surface area contributed by atoms with Crippen molar-refractivity contribution < 1.29 is 14.3 Å². The Bertz CT molecular complexity index is 728. The molecule has 0 aromatic heterocycles. The Morgan fingerprint density at radius 3 is 2.54 bits per heavy atom. The van der Waals surface area contributed by atoms with Gasteiger partial charge in [-0.3, -0.25) is 4.79 Å². The minimum Gasteiger partial charge on any atom is -0.454 e. The van der Waals surface area contributed by atoms with Crippen LogP contribution in [0.15, 0.2) is 42.5 Å². The molecule has 24 heavy (non-hydrogen) atoms. The smallest absolute Gasteiger partial charge is 0.231 e. The molecule has 126 valence electrons. The fourth-order valence-electron chi connectivity index (χ4n) is 2.86. The molecule has 2 aromatic rings. The SMILES string of the molecule is CC(C)C(C(=O)NCc1ccc2c(c1)OCO2)c1ccc(Cl)cc1. The van der Waals surface area contributed by atoms with Crippen molar-refractivity contribution in [1.82, 2.24) is 5.32 Å². The average molecular weight is 346 g/mol. The van der Waals surface area contributed by atoms with Crippen molar-refractivity contribution in [1.29, 1.82) is 0 Å². The maximum absolute atomic E-state index is 12.7. The van der Waals surface area contributed by atoms with E-state index < -0.39 is 0 Å². The summed E-state index contributed by atoms with van der Waals surface area (Å²) >= 11 is 5.94. The number of halogens is 1. The van der Waals surface area contributed by atoms with E-state index in [4.69, 9.17) is 21.1 Å². The summed E-state index contributed by atoms with van der Waals surface area (Å²) in [5.74, 6) is 1.44. The minimum absolute atomic E-state index is 0.00462. The molecule has 1 unspecified atom stereocenters. The lowest BCUT2D eigenvalue weighted by Gasteiger charge is -2.21. The van der Waals surface area contributed by atoms with Gasteiger partial charge in [0.2, 0.25) is 12.7 Å². The van der Waals surface area contributed by atoms with Gasteiger partial charge in [0, 0.05) is 11.6 Å². The summed E-state index contributed by atoms with van der Waals surface area (Å²) in [5.41, 5.74) is 1.95. The Kier molecular flexibility index (Phi) is 4.95. The molecule has 0 bridgehead atoms. The number of hydrogen-bond donors (Lipinski definition) is 1. The summed E-state index contributed by atoms with van der Waals surface area (Å²) in [6, 6.07) is 13.1. The molecule has 1 aliphatic rings. The Balaban J connectivity index is 1.68. The molecule has 5 heteroatoms. The molecule has 2 aromatic carbocycles. The van der Waals surface area contributed by atoms with Gasteiger partial charge < -0.3 is 14.8 Å². The molecule has 1 heterocycles. The van der Waals surface area contributed by atoms with E-state index >= 15 is 0 Å². The molecule has 1 atom stereocenters. The van der Waals surface area contributed by atoms with Gasteiger partial charge >= 0.3 is 0 Å². The molecule has 1 aliphatic heterocycles. The molecule has 0 saturated carbocycles. The predicted octanol–water partition coefficient (Wildman–Crippen LogP) is 4.12. The monoisotopic (exact) mass is 345 g/mol. The molecular formula is C19H20ClNO3. The van der Waals surface area contributed by atoms with E-state index in [0.717, 1.165) is 22.6 Å². The second-order valence-electron chi connectivity index (χ2n) is 6.18. The predicted molar refractivity (Wildman–Crippen MR) is 93.4 cm³/mol. The third-order valence-electron chi connectivity index (χ3n) is 4.08. The lowest BCUT2D eigenvalue weighted by atomic mass is 9.87. The summed E-state index contributed by atoms with van der Waals surface area (Å²) in [7, 11) is 0. The van der Waals surface area contributed by atoms with Crippen LogP contribution in [-0.2, 0) is 11.3 Å². The molecular weight excluding hydrogens is 326 g/mol. The number of fused-ring (bicyclic) bond motifs is 1. The maximum atomic E-state index is 12.7. The van der Waals surface area contributed by atoms with Gasteiger partial charge in [-0.2, -0.15) is 0 Å². The van der Waals surface area contributed by atoms with Gasteiger partial charge in [0.15, 0.2) is 11.5 Å². The molecule has 4 nitrogen and oxygen atoms in total. The van der Waals surface area contributed by atoms with Crippen LogP contribution < -0.4 is 14.8 Å². The van der Waals surface area contributed by atoms with Crippen LogP contribution in [0.1, 0.15) is 30.9 Å². The topological polar surface area (TPSA) is 47.6 Å². The first-order valence-corrected chi connectivity index (χ1v) is 8.34. The lowest BCUT2D eigenvalue weighted by molar-refractivity contribution is -0.123. The maximum Gasteiger partial charge on any atom is 0.231 e. The zero-order valence-electron chi connectivity index (χ0n) is 13.7. The van der Waals surface area contributed by atoms with E-state index in [2.05, 4.69) is 5.32 Å². The van der Waals surface area contributed by atoms with Gasteiger partial charge in [0.1, 0.15) is 0 Å². The van der Waals surface area contributed by atoms with Crippen molar-refractivity contribution in [3.8, 4) is 11.5 Å². The summed E-state index contributed by atoms with van der Waals surface area (Å²) < 4.78 is 10.7. The highest BCUT2D eigenvalue weighted by molar-refractivity contribution is 6.30. The fraction of sp³-hybridized carbons (Fsp3) is 0.316. The van der Waals surface area contributed by atoms with Gasteiger partial charge in [-0.1, -0.05) is 43.6 Å². The number of amides is 1. The zero-order chi connectivity index (χ0) is 17.1. The number of carbonyl (C=O) groups excluding carboxylic acids is 1. The third-order valence-corrected chi connectivity index (χ3v) is 4.33. The molecule has 1 N–H and O–H groups in total. The zero-order valence-corrected chi connectivity index (χ0v) is 14.5. The molecule has 1 amide bonds. The summed E-state index contributed by atoms with van der Waals surface area (Å²) in [5, 5.41) is 3.68. The first-order valence-electron chi connectivity index (χ1n) is 7.96. The second-order valence-corrected chi connectivity index (χ2v) is 6.62. The highest BCUT2D eigenvalue weighted by Crippen LogP contribution is 2.32. The molecule has 3 rings (SSSR count). The minimum atomic E-state index is -0.212. The van der Waals surface area contributed by atoms with Crippen LogP contribution in [0, 0.1) is 5.92 Å². The highest BCUT2D eigenvalue weighted by atomic mass is 35.5. The van der Waals surface area contributed by atoms with Crippen LogP contribution in [0.3, 0.4) is 0 Å². The quantitative estimate of drug-likeness (QED) is 0.886. The molecule has 0 aliphatic carbocycles. The van der Waals surface area contributed by atoms with Crippen molar-refractivity contribution in [2.45, 2.75) is 26.3 Å². The van der Waals surface area contributed by atoms with E-state index in [9.17, 15) is 4.79 Å². The van der Waals surface area contributed by atoms with Gasteiger partial charge in [0.05, 0.1) is 5.92 Å². The molecule has 0 spiro atoms. The number of nitrogens with one attached hydrogen (secondary N) is 1. The van der Waals surface area contributed by atoms with E-state index in [1.807, 2.05) is 56.3 Å². The summed E-state index contributed by atoms with van der Waals surface area (Å²) in [4.78, 5) is 12.7. The van der Waals surface area contributed by atoms with Crippen molar-refractivity contribution in [2.24, 2.45) is 5.92 Å². The Hall–Kier alpha value is -2.20. The van der Waals surface area contributed by atoms with Crippen molar-refractivity contribution in [3.05, 3.63) is 58.6 Å². The number of ether oxygens (including phenoxy) is 2.